The highest BCUT2D eigenvalue weighted by Gasteiger charge is 2.26. The van der Waals surface area contributed by atoms with Crippen molar-refractivity contribution in [3.8, 4) is 0 Å². The van der Waals surface area contributed by atoms with E-state index in [0.717, 1.165) is 12.8 Å². The van der Waals surface area contributed by atoms with E-state index in [1.165, 1.54) is 0 Å². The molecule has 0 aliphatic carbocycles. The summed E-state index contributed by atoms with van der Waals surface area (Å²) in [6.45, 7) is 6.78. The van der Waals surface area contributed by atoms with Gasteiger partial charge in [0, 0.05) is 51.2 Å². The average Bonchev–Trinajstić information content (AvgIpc) is 2.47. The largest absolute Gasteiger partial charge is 0.396 e. The summed E-state index contributed by atoms with van der Waals surface area (Å²) in [5, 5.41) is 14.8. The quantitative estimate of drug-likeness (QED) is 0.556. The summed E-state index contributed by atoms with van der Waals surface area (Å²) in [4.78, 5) is 25.8. The van der Waals surface area contributed by atoms with Gasteiger partial charge in [0.15, 0.2) is 0 Å². The second-order valence-corrected chi connectivity index (χ2v) is 5.88. The highest BCUT2D eigenvalue weighted by Crippen LogP contribution is 2.17. The van der Waals surface area contributed by atoms with E-state index >= 15 is 0 Å². The number of piperidine rings is 1. The molecule has 0 spiro atoms. The lowest BCUT2D eigenvalue weighted by Crippen LogP contribution is -2.44. The molecule has 21 heavy (non-hydrogen) atoms. The van der Waals surface area contributed by atoms with Crippen LogP contribution in [-0.4, -0.2) is 60.6 Å². The van der Waals surface area contributed by atoms with Crippen LogP contribution in [0.25, 0.3) is 0 Å². The topological polar surface area (TPSA) is 81.7 Å². The molecule has 6 heteroatoms. The summed E-state index contributed by atoms with van der Waals surface area (Å²) in [5.41, 5.74) is 0. The standard InChI is InChI=1S/C15H29N3O3/c1-12(2)16-8-4-14(20)18-9-5-13(6-10-18)15(21)17-7-3-11-19/h12-13,16,19H,3-11H2,1-2H3,(H,17,21). The SMILES string of the molecule is CC(C)NCCC(=O)N1CCC(C(=O)NCCCO)CC1. The fourth-order valence-electron chi connectivity index (χ4n) is 2.45. The van der Waals surface area contributed by atoms with E-state index in [0.29, 0.717) is 45.1 Å². The minimum absolute atomic E-state index is 0.00142. The third-order valence-electron chi connectivity index (χ3n) is 3.74. The Labute approximate surface area is 127 Å². The molecular formula is C15H29N3O3. The summed E-state index contributed by atoms with van der Waals surface area (Å²) in [6, 6.07) is 0.395. The molecule has 1 fully saturated rings. The van der Waals surface area contributed by atoms with E-state index in [4.69, 9.17) is 5.11 Å². The van der Waals surface area contributed by atoms with Crippen molar-refractivity contribution in [3.05, 3.63) is 0 Å². The van der Waals surface area contributed by atoms with Crippen molar-refractivity contribution in [1.82, 2.24) is 15.5 Å². The van der Waals surface area contributed by atoms with E-state index in [9.17, 15) is 9.59 Å². The van der Waals surface area contributed by atoms with Gasteiger partial charge in [-0.2, -0.15) is 0 Å². The zero-order valence-corrected chi connectivity index (χ0v) is 13.2. The number of carbonyl (C=O) groups is 2. The molecule has 1 rings (SSSR count). The summed E-state index contributed by atoms with van der Waals surface area (Å²) < 4.78 is 0. The minimum atomic E-state index is 0.00142. The molecule has 0 unspecified atom stereocenters. The number of aliphatic hydroxyl groups excluding tert-OH is 1. The molecule has 0 saturated carbocycles. The van der Waals surface area contributed by atoms with Crippen molar-refractivity contribution in [3.63, 3.8) is 0 Å². The van der Waals surface area contributed by atoms with E-state index in [1.54, 1.807) is 0 Å². The van der Waals surface area contributed by atoms with Crippen molar-refractivity contribution >= 4 is 11.8 Å². The Morgan fingerprint density at radius 2 is 1.90 bits per heavy atom. The fourth-order valence-corrected chi connectivity index (χ4v) is 2.45. The normalized spacial score (nSPS) is 16.3. The van der Waals surface area contributed by atoms with Crippen LogP contribution in [0, 0.1) is 5.92 Å². The van der Waals surface area contributed by atoms with E-state index in [1.807, 2.05) is 4.90 Å². The predicted octanol–water partition coefficient (Wildman–Crippen LogP) is 0.112. The van der Waals surface area contributed by atoms with Crippen LogP contribution in [0.15, 0.2) is 0 Å². The van der Waals surface area contributed by atoms with E-state index in [2.05, 4.69) is 24.5 Å². The second kappa shape index (κ2) is 9.73. The number of likely N-dealkylation sites (tertiary alicyclic amines) is 1. The molecule has 0 atom stereocenters. The number of aliphatic hydroxyl groups is 1. The first kappa shape index (κ1) is 17.9. The average molecular weight is 299 g/mol. The third kappa shape index (κ3) is 6.91. The highest BCUT2D eigenvalue weighted by atomic mass is 16.3. The monoisotopic (exact) mass is 299 g/mol. The van der Waals surface area contributed by atoms with Gasteiger partial charge in [0.1, 0.15) is 0 Å². The molecule has 6 nitrogen and oxygen atoms in total. The Balaban J connectivity index is 2.21. The van der Waals surface area contributed by atoms with Gasteiger partial charge in [-0.25, -0.2) is 0 Å². The van der Waals surface area contributed by atoms with Crippen LogP contribution >= 0.6 is 0 Å². The number of hydrogen-bond acceptors (Lipinski definition) is 4. The van der Waals surface area contributed by atoms with Gasteiger partial charge >= 0.3 is 0 Å². The lowest BCUT2D eigenvalue weighted by Gasteiger charge is -2.31. The first-order chi connectivity index (χ1) is 10.0. The van der Waals surface area contributed by atoms with Gasteiger partial charge in [-0.15, -0.1) is 0 Å². The van der Waals surface area contributed by atoms with Crippen molar-refractivity contribution in [2.24, 2.45) is 5.92 Å². The first-order valence-corrected chi connectivity index (χ1v) is 7.94. The number of hydrogen-bond donors (Lipinski definition) is 3. The minimum Gasteiger partial charge on any atom is -0.396 e. The highest BCUT2D eigenvalue weighted by molar-refractivity contribution is 5.80. The van der Waals surface area contributed by atoms with Crippen LogP contribution < -0.4 is 10.6 Å². The van der Waals surface area contributed by atoms with Crippen LogP contribution in [0.1, 0.15) is 39.5 Å². The van der Waals surface area contributed by atoms with Gasteiger partial charge in [0.05, 0.1) is 0 Å². The van der Waals surface area contributed by atoms with Gasteiger partial charge in [-0.3, -0.25) is 9.59 Å². The lowest BCUT2D eigenvalue weighted by atomic mass is 9.95. The molecule has 122 valence electrons. The maximum atomic E-state index is 12.0. The summed E-state index contributed by atoms with van der Waals surface area (Å²) >= 11 is 0. The van der Waals surface area contributed by atoms with Crippen molar-refractivity contribution < 1.29 is 14.7 Å². The maximum Gasteiger partial charge on any atom is 0.223 e. The number of nitrogens with one attached hydrogen (secondary N) is 2. The van der Waals surface area contributed by atoms with Crippen LogP contribution in [0.3, 0.4) is 0 Å². The zero-order valence-electron chi connectivity index (χ0n) is 13.2. The molecule has 3 N–H and O–H groups in total. The van der Waals surface area contributed by atoms with Crippen LogP contribution in [-0.2, 0) is 9.59 Å². The lowest BCUT2D eigenvalue weighted by molar-refractivity contribution is -0.135. The van der Waals surface area contributed by atoms with Crippen molar-refractivity contribution in [2.75, 3.05) is 32.8 Å². The molecule has 1 heterocycles. The fraction of sp³-hybridized carbons (Fsp3) is 0.867. The molecule has 0 aromatic carbocycles. The first-order valence-electron chi connectivity index (χ1n) is 7.94. The summed E-state index contributed by atoms with van der Waals surface area (Å²) in [7, 11) is 0. The molecule has 1 aliphatic heterocycles. The molecular weight excluding hydrogens is 270 g/mol. The van der Waals surface area contributed by atoms with Crippen molar-refractivity contribution in [1.29, 1.82) is 0 Å². The molecule has 0 aromatic rings. The molecule has 0 bridgehead atoms. The Morgan fingerprint density at radius 3 is 2.48 bits per heavy atom. The zero-order chi connectivity index (χ0) is 15.7. The maximum absolute atomic E-state index is 12.0. The number of rotatable bonds is 8. The Hall–Kier alpha value is -1.14. The van der Waals surface area contributed by atoms with Crippen molar-refractivity contribution in [2.45, 2.75) is 45.6 Å². The molecule has 2 amide bonds. The van der Waals surface area contributed by atoms with Gasteiger partial charge in [0.2, 0.25) is 11.8 Å². The Morgan fingerprint density at radius 1 is 1.24 bits per heavy atom. The Kier molecular flexibility index (Phi) is 8.30. The number of amides is 2. The molecule has 0 radical (unpaired) electrons. The van der Waals surface area contributed by atoms with Crippen LogP contribution in [0.4, 0.5) is 0 Å². The van der Waals surface area contributed by atoms with Crippen LogP contribution in [0.5, 0.6) is 0 Å². The second-order valence-electron chi connectivity index (χ2n) is 5.88. The van der Waals surface area contributed by atoms with Gasteiger partial charge in [0.25, 0.3) is 0 Å². The summed E-state index contributed by atoms with van der Waals surface area (Å²) in [5.74, 6) is 0.223. The smallest absolute Gasteiger partial charge is 0.223 e. The van der Waals surface area contributed by atoms with Gasteiger partial charge < -0.3 is 20.6 Å². The molecule has 1 aliphatic rings. The predicted molar refractivity (Wildman–Crippen MR) is 81.8 cm³/mol. The van der Waals surface area contributed by atoms with E-state index in [-0.39, 0.29) is 24.3 Å². The van der Waals surface area contributed by atoms with Crippen LogP contribution in [0.2, 0.25) is 0 Å². The van der Waals surface area contributed by atoms with E-state index < -0.39 is 0 Å². The van der Waals surface area contributed by atoms with Gasteiger partial charge in [-0.1, -0.05) is 13.8 Å². The summed E-state index contributed by atoms with van der Waals surface area (Å²) in [6.07, 6.45) is 2.57. The molecule has 1 saturated heterocycles. The Bertz CT molecular complexity index is 326. The number of nitrogens with zero attached hydrogens (tertiary/aromatic N) is 1. The third-order valence-corrected chi connectivity index (χ3v) is 3.74. The molecule has 0 aromatic heterocycles. The number of carbonyl (C=O) groups excluding carboxylic acids is 2. The van der Waals surface area contributed by atoms with Gasteiger partial charge in [-0.05, 0) is 19.3 Å².